The molecule has 1 saturated heterocycles. The monoisotopic (exact) mass is 600 g/mol. The Morgan fingerprint density at radius 1 is 0.977 bits per heavy atom. The minimum atomic E-state index is -0.305. The molecule has 5 aromatic rings. The van der Waals surface area contributed by atoms with E-state index in [2.05, 4.69) is 55.2 Å². The van der Waals surface area contributed by atoms with Gasteiger partial charge in [0.25, 0.3) is 0 Å². The summed E-state index contributed by atoms with van der Waals surface area (Å²) in [6.07, 6.45) is 6.43. The van der Waals surface area contributed by atoms with Gasteiger partial charge in [-0.25, -0.2) is 14.4 Å². The van der Waals surface area contributed by atoms with Gasteiger partial charge in [0.2, 0.25) is 0 Å². The van der Waals surface area contributed by atoms with Crippen LogP contribution in [0, 0.1) is 5.82 Å². The highest BCUT2D eigenvalue weighted by Crippen LogP contribution is 2.32. The fourth-order valence-electron chi connectivity index (χ4n) is 5.35. The number of hydrogen-bond donors (Lipinski definition) is 2. The fourth-order valence-corrected chi connectivity index (χ4v) is 5.58. The van der Waals surface area contributed by atoms with Crippen LogP contribution < -0.4 is 10.1 Å². The molecule has 222 valence electrons. The van der Waals surface area contributed by atoms with Gasteiger partial charge >= 0.3 is 0 Å². The standard InChI is InChI=1S/C33H34ClFN6O2/c1-39-10-12-40(13-11-39)18-25-20-41(19-24(25)9-14-42)28-6-7-31-29(17-28)33(37-22-36-31)38-27-5-8-32(30(34)16-27)43-21-23-3-2-4-26(35)15-23/h2-8,15-17,19-20,22,42H,9-14,18,21H2,1H3,(H,36,37,38). The SMILES string of the molecule is CN1CCN(Cc2cn(-c3ccc4ncnc(Nc5ccc(OCc6cccc(F)c6)c(Cl)c5)c4c3)cc2CCO)CC1. The molecule has 0 spiro atoms. The van der Waals surface area contributed by atoms with Gasteiger partial charge in [-0.2, -0.15) is 0 Å². The zero-order valence-electron chi connectivity index (χ0n) is 24.0. The number of aromatic nitrogens is 3. The lowest BCUT2D eigenvalue weighted by atomic mass is 10.1. The molecule has 6 rings (SSSR count). The quantitative estimate of drug-likeness (QED) is 0.209. The van der Waals surface area contributed by atoms with E-state index in [1.54, 1.807) is 24.3 Å². The van der Waals surface area contributed by atoms with Gasteiger partial charge in [0, 0.05) is 68.5 Å². The second-order valence-electron chi connectivity index (χ2n) is 10.9. The lowest BCUT2D eigenvalue weighted by Crippen LogP contribution is -2.43. The van der Waals surface area contributed by atoms with Crippen LogP contribution in [0.3, 0.4) is 0 Å². The number of hydrogen-bond acceptors (Lipinski definition) is 7. The number of anilines is 2. The number of ether oxygens (including phenoxy) is 1. The molecule has 0 atom stereocenters. The summed E-state index contributed by atoms with van der Waals surface area (Å²) in [5.41, 5.74) is 5.64. The lowest BCUT2D eigenvalue weighted by molar-refractivity contribution is 0.148. The minimum absolute atomic E-state index is 0.108. The molecule has 2 N–H and O–H groups in total. The third-order valence-electron chi connectivity index (χ3n) is 7.77. The van der Waals surface area contributed by atoms with E-state index in [0.717, 1.165) is 66.1 Å². The topological polar surface area (TPSA) is 78.7 Å². The molecule has 43 heavy (non-hydrogen) atoms. The molecule has 1 fully saturated rings. The van der Waals surface area contributed by atoms with Gasteiger partial charge in [0.05, 0.1) is 10.5 Å². The molecular weight excluding hydrogens is 567 g/mol. The molecule has 3 aromatic carbocycles. The molecule has 0 bridgehead atoms. The van der Waals surface area contributed by atoms with Crippen molar-refractivity contribution in [2.45, 2.75) is 19.6 Å². The van der Waals surface area contributed by atoms with Crippen molar-refractivity contribution < 1.29 is 14.2 Å². The summed E-state index contributed by atoms with van der Waals surface area (Å²) in [5, 5.41) is 14.4. The number of benzene rings is 3. The molecule has 10 heteroatoms. The summed E-state index contributed by atoms with van der Waals surface area (Å²) >= 11 is 6.54. The number of aliphatic hydroxyl groups is 1. The number of aliphatic hydroxyl groups excluding tert-OH is 1. The zero-order chi connectivity index (χ0) is 29.8. The lowest BCUT2D eigenvalue weighted by Gasteiger charge is -2.32. The largest absolute Gasteiger partial charge is 0.487 e. The molecule has 0 saturated carbocycles. The van der Waals surface area contributed by atoms with Crippen molar-refractivity contribution in [3.05, 3.63) is 107 Å². The number of likely N-dealkylation sites (N-methyl/N-ethyl adjacent to an activating group) is 1. The normalized spacial score (nSPS) is 14.3. The minimum Gasteiger partial charge on any atom is -0.487 e. The van der Waals surface area contributed by atoms with Gasteiger partial charge in [-0.3, -0.25) is 4.90 Å². The average molecular weight is 601 g/mol. The van der Waals surface area contributed by atoms with Crippen LogP contribution in [0.1, 0.15) is 16.7 Å². The first-order valence-corrected chi connectivity index (χ1v) is 14.7. The van der Waals surface area contributed by atoms with Crippen molar-refractivity contribution >= 4 is 34.0 Å². The van der Waals surface area contributed by atoms with Gasteiger partial charge in [-0.15, -0.1) is 0 Å². The summed E-state index contributed by atoms with van der Waals surface area (Å²) in [6, 6.07) is 17.8. The van der Waals surface area contributed by atoms with E-state index < -0.39 is 0 Å². The maximum absolute atomic E-state index is 13.5. The van der Waals surface area contributed by atoms with E-state index in [-0.39, 0.29) is 19.0 Å². The van der Waals surface area contributed by atoms with Crippen LogP contribution in [-0.2, 0) is 19.6 Å². The number of nitrogens with zero attached hydrogens (tertiary/aromatic N) is 5. The van der Waals surface area contributed by atoms with Gasteiger partial charge in [0.1, 0.15) is 30.3 Å². The van der Waals surface area contributed by atoms with Gasteiger partial charge < -0.3 is 24.6 Å². The molecule has 1 aliphatic rings. The van der Waals surface area contributed by atoms with Crippen LogP contribution in [0.15, 0.2) is 79.4 Å². The molecule has 1 aliphatic heterocycles. The molecule has 0 aliphatic carbocycles. The van der Waals surface area contributed by atoms with Gasteiger partial charge in [-0.05, 0) is 78.7 Å². The Morgan fingerprint density at radius 3 is 2.60 bits per heavy atom. The number of piperazine rings is 1. The van der Waals surface area contributed by atoms with E-state index in [0.29, 0.717) is 23.0 Å². The highest BCUT2D eigenvalue weighted by atomic mass is 35.5. The van der Waals surface area contributed by atoms with E-state index >= 15 is 0 Å². The van der Waals surface area contributed by atoms with Crippen LogP contribution >= 0.6 is 11.6 Å². The van der Waals surface area contributed by atoms with Crippen LogP contribution in [0.5, 0.6) is 5.75 Å². The maximum Gasteiger partial charge on any atom is 0.141 e. The summed E-state index contributed by atoms with van der Waals surface area (Å²) in [4.78, 5) is 13.8. The molecule has 0 amide bonds. The maximum atomic E-state index is 13.5. The average Bonchev–Trinajstić information content (AvgIpc) is 3.40. The van der Waals surface area contributed by atoms with Crippen LogP contribution in [0.25, 0.3) is 16.6 Å². The van der Waals surface area contributed by atoms with Crippen molar-refractivity contribution in [1.29, 1.82) is 0 Å². The molecular formula is C33H34ClFN6O2. The van der Waals surface area contributed by atoms with Gasteiger partial charge in [-0.1, -0.05) is 23.7 Å². The van der Waals surface area contributed by atoms with Crippen LogP contribution in [0.2, 0.25) is 5.02 Å². The van der Waals surface area contributed by atoms with Gasteiger partial charge in [0.15, 0.2) is 0 Å². The highest BCUT2D eigenvalue weighted by Gasteiger charge is 2.17. The summed E-state index contributed by atoms with van der Waals surface area (Å²) in [6.45, 7) is 5.37. The Kier molecular flexibility index (Phi) is 8.85. The molecule has 0 unspecified atom stereocenters. The van der Waals surface area contributed by atoms with E-state index in [4.69, 9.17) is 16.3 Å². The predicted molar refractivity (Wildman–Crippen MR) is 168 cm³/mol. The van der Waals surface area contributed by atoms with E-state index in [1.165, 1.54) is 24.0 Å². The smallest absolute Gasteiger partial charge is 0.141 e. The second-order valence-corrected chi connectivity index (χ2v) is 11.3. The Hall–Kier alpha value is -4.02. The summed E-state index contributed by atoms with van der Waals surface area (Å²) in [5.74, 6) is 0.849. The number of nitrogens with one attached hydrogen (secondary N) is 1. The highest BCUT2D eigenvalue weighted by molar-refractivity contribution is 6.32. The molecule has 3 heterocycles. The number of rotatable bonds is 10. The Bertz CT molecular complexity index is 1720. The third-order valence-corrected chi connectivity index (χ3v) is 8.06. The van der Waals surface area contributed by atoms with Crippen LogP contribution in [0.4, 0.5) is 15.9 Å². The molecule has 0 radical (unpaired) electrons. The van der Waals surface area contributed by atoms with Crippen molar-refractivity contribution in [2.75, 3.05) is 45.2 Å². The fraction of sp³-hybridized carbons (Fsp3) is 0.273. The number of halogens is 2. The summed E-state index contributed by atoms with van der Waals surface area (Å²) in [7, 11) is 2.16. The second kappa shape index (κ2) is 13.1. The van der Waals surface area contributed by atoms with Crippen molar-refractivity contribution in [3.8, 4) is 11.4 Å². The Morgan fingerprint density at radius 2 is 1.81 bits per heavy atom. The first-order valence-electron chi connectivity index (χ1n) is 14.4. The van der Waals surface area contributed by atoms with Crippen molar-refractivity contribution in [1.82, 2.24) is 24.3 Å². The Labute approximate surface area is 255 Å². The zero-order valence-corrected chi connectivity index (χ0v) is 24.8. The Balaban J connectivity index is 1.22. The van der Waals surface area contributed by atoms with E-state index in [1.807, 2.05) is 18.2 Å². The first kappa shape index (κ1) is 29.1. The number of fused-ring (bicyclic) bond motifs is 1. The summed E-state index contributed by atoms with van der Waals surface area (Å²) < 4.78 is 21.4. The van der Waals surface area contributed by atoms with E-state index in [9.17, 15) is 9.50 Å². The van der Waals surface area contributed by atoms with Crippen molar-refractivity contribution in [3.63, 3.8) is 0 Å². The third kappa shape index (κ3) is 6.97. The predicted octanol–water partition coefficient (Wildman–Crippen LogP) is 5.82. The molecule has 2 aromatic heterocycles. The van der Waals surface area contributed by atoms with Crippen molar-refractivity contribution in [2.24, 2.45) is 0 Å². The van der Waals surface area contributed by atoms with Crippen LogP contribution in [-0.4, -0.2) is 69.3 Å². The molecule has 8 nitrogen and oxygen atoms in total. The first-order chi connectivity index (χ1) is 20.9.